The first-order valence-electron chi connectivity index (χ1n) is 28.1. The molecule has 0 aliphatic rings. The molecule has 0 aromatic carbocycles. The van der Waals surface area contributed by atoms with Gasteiger partial charge in [-0.25, -0.2) is 0 Å². The van der Waals surface area contributed by atoms with Gasteiger partial charge in [-0.3, -0.25) is 14.4 Å². The Bertz CT molecular complexity index is 1140. The first kappa shape index (κ1) is 62.4. The van der Waals surface area contributed by atoms with Crippen LogP contribution in [0, 0.1) is 0 Å². The number of hydrogen-bond donors (Lipinski definition) is 0. The van der Waals surface area contributed by atoms with Gasteiger partial charge in [0.1, 0.15) is 13.2 Å². The fraction of sp³-hybridized carbons (Fsp3) is 0.814. The van der Waals surface area contributed by atoms with E-state index in [0.29, 0.717) is 19.3 Å². The lowest BCUT2D eigenvalue weighted by molar-refractivity contribution is -0.167. The molecular weight excluding hydrogens is 805 g/mol. The molecule has 6 nitrogen and oxygen atoms in total. The highest BCUT2D eigenvalue weighted by Gasteiger charge is 2.19. The molecule has 0 rings (SSSR count). The molecule has 0 aliphatic heterocycles. The van der Waals surface area contributed by atoms with Gasteiger partial charge in [0.15, 0.2) is 6.10 Å². The highest BCUT2D eigenvalue weighted by molar-refractivity contribution is 5.71. The highest BCUT2D eigenvalue weighted by Crippen LogP contribution is 2.16. The monoisotopic (exact) mass is 911 g/mol. The summed E-state index contributed by atoms with van der Waals surface area (Å²) < 4.78 is 16.6. The molecule has 0 spiro atoms. The van der Waals surface area contributed by atoms with Crippen molar-refractivity contribution in [3.63, 3.8) is 0 Å². The lowest BCUT2D eigenvalue weighted by atomic mass is 10.0. The highest BCUT2D eigenvalue weighted by atomic mass is 16.6. The van der Waals surface area contributed by atoms with Crippen molar-refractivity contribution < 1.29 is 28.6 Å². The minimum absolute atomic E-state index is 0.0831. The smallest absolute Gasteiger partial charge is 0.306 e. The van der Waals surface area contributed by atoms with Crippen molar-refractivity contribution >= 4 is 17.9 Å². The molecule has 0 amide bonds. The molecule has 0 bridgehead atoms. The summed E-state index contributed by atoms with van der Waals surface area (Å²) in [5.41, 5.74) is 0. The molecule has 0 N–H and O–H groups in total. The van der Waals surface area contributed by atoms with Gasteiger partial charge in [-0.15, -0.1) is 0 Å². The van der Waals surface area contributed by atoms with Crippen molar-refractivity contribution in [2.75, 3.05) is 13.2 Å². The molecule has 1 atom stereocenters. The normalized spacial score (nSPS) is 12.4. The SMILES string of the molecule is CC/C=C\C/C=C\C/C=C\CCCCCC(=O)OC(COC(=O)CCCCCCC)COC(=O)CCCCCCCCCCCCCCCCCCC/C=C\CCCCCCCCCC. The van der Waals surface area contributed by atoms with E-state index in [4.69, 9.17) is 14.2 Å². The third-order valence-corrected chi connectivity index (χ3v) is 12.3. The number of carbonyl (C=O) groups is 3. The maximum absolute atomic E-state index is 12.7. The molecule has 378 valence electrons. The molecule has 0 aliphatic carbocycles. The number of unbranched alkanes of at least 4 members (excludes halogenated alkanes) is 32. The Kier molecular flexibility index (Phi) is 51.8. The first-order chi connectivity index (χ1) is 32.0. The minimum Gasteiger partial charge on any atom is -0.462 e. The van der Waals surface area contributed by atoms with Crippen molar-refractivity contribution in [2.45, 2.75) is 297 Å². The molecule has 0 saturated carbocycles. The Labute approximate surface area is 403 Å². The quantitative estimate of drug-likeness (QED) is 0.0262. The fourth-order valence-electron chi connectivity index (χ4n) is 8.10. The molecule has 0 saturated heterocycles. The lowest BCUT2D eigenvalue weighted by Crippen LogP contribution is -2.30. The lowest BCUT2D eigenvalue weighted by Gasteiger charge is -2.18. The van der Waals surface area contributed by atoms with Crippen LogP contribution in [0.1, 0.15) is 290 Å². The van der Waals surface area contributed by atoms with E-state index in [1.165, 1.54) is 161 Å². The van der Waals surface area contributed by atoms with Gasteiger partial charge in [0.05, 0.1) is 0 Å². The minimum atomic E-state index is -0.782. The summed E-state index contributed by atoms with van der Waals surface area (Å²) in [5.74, 6) is -0.919. The van der Waals surface area contributed by atoms with Crippen LogP contribution < -0.4 is 0 Å². The van der Waals surface area contributed by atoms with E-state index in [9.17, 15) is 14.4 Å². The molecule has 0 fully saturated rings. The van der Waals surface area contributed by atoms with Gasteiger partial charge in [-0.1, -0.05) is 243 Å². The van der Waals surface area contributed by atoms with Crippen LogP contribution in [0.3, 0.4) is 0 Å². The van der Waals surface area contributed by atoms with E-state index in [0.717, 1.165) is 89.9 Å². The second-order valence-electron chi connectivity index (χ2n) is 18.8. The van der Waals surface area contributed by atoms with E-state index in [-0.39, 0.29) is 31.1 Å². The van der Waals surface area contributed by atoms with E-state index >= 15 is 0 Å². The number of hydrogen-bond acceptors (Lipinski definition) is 6. The Hall–Kier alpha value is -2.63. The third kappa shape index (κ3) is 52.2. The van der Waals surface area contributed by atoms with Crippen molar-refractivity contribution in [2.24, 2.45) is 0 Å². The largest absolute Gasteiger partial charge is 0.462 e. The topological polar surface area (TPSA) is 78.9 Å². The van der Waals surface area contributed by atoms with Crippen LogP contribution in [-0.2, 0) is 28.6 Å². The van der Waals surface area contributed by atoms with Gasteiger partial charge in [-0.2, -0.15) is 0 Å². The van der Waals surface area contributed by atoms with Gasteiger partial charge < -0.3 is 14.2 Å². The predicted octanol–water partition coefficient (Wildman–Crippen LogP) is 18.7. The molecule has 1 unspecified atom stereocenters. The zero-order valence-corrected chi connectivity index (χ0v) is 43.3. The second-order valence-corrected chi connectivity index (χ2v) is 18.8. The van der Waals surface area contributed by atoms with Gasteiger partial charge in [-0.05, 0) is 77.0 Å². The van der Waals surface area contributed by atoms with Crippen LogP contribution in [-0.4, -0.2) is 37.2 Å². The number of rotatable bonds is 51. The first-order valence-corrected chi connectivity index (χ1v) is 28.1. The maximum atomic E-state index is 12.7. The predicted molar refractivity (Wildman–Crippen MR) is 279 cm³/mol. The number of carbonyl (C=O) groups excluding carboxylic acids is 3. The molecule has 65 heavy (non-hydrogen) atoms. The fourth-order valence-corrected chi connectivity index (χ4v) is 8.10. The van der Waals surface area contributed by atoms with Crippen molar-refractivity contribution in [1.82, 2.24) is 0 Å². The molecule has 0 heterocycles. The average Bonchev–Trinajstić information content (AvgIpc) is 3.30. The molecule has 0 aromatic rings. The van der Waals surface area contributed by atoms with Crippen LogP contribution in [0.15, 0.2) is 48.6 Å². The van der Waals surface area contributed by atoms with E-state index in [1.54, 1.807) is 0 Å². The zero-order chi connectivity index (χ0) is 47.2. The summed E-state index contributed by atoms with van der Waals surface area (Å²) in [7, 11) is 0. The second kappa shape index (κ2) is 54.0. The summed E-state index contributed by atoms with van der Waals surface area (Å²) in [4.78, 5) is 37.6. The summed E-state index contributed by atoms with van der Waals surface area (Å²) in [5, 5.41) is 0. The van der Waals surface area contributed by atoms with Gasteiger partial charge in [0.2, 0.25) is 0 Å². The van der Waals surface area contributed by atoms with Crippen LogP contribution in [0.4, 0.5) is 0 Å². The third-order valence-electron chi connectivity index (χ3n) is 12.3. The van der Waals surface area contributed by atoms with Gasteiger partial charge >= 0.3 is 17.9 Å². The Morgan fingerprint density at radius 3 is 0.969 bits per heavy atom. The van der Waals surface area contributed by atoms with Crippen LogP contribution in [0.5, 0.6) is 0 Å². The summed E-state index contributed by atoms with van der Waals surface area (Å²) in [6.07, 6.45) is 66.0. The zero-order valence-electron chi connectivity index (χ0n) is 43.3. The molecule has 6 heteroatoms. The standard InChI is InChI=1S/C59H106O6/c1-4-7-10-13-15-17-19-21-22-23-24-25-26-27-28-29-30-31-32-33-34-35-36-38-39-41-43-46-49-52-58(61)64-55-56(54-63-57(60)51-48-45-12-9-6-3)65-59(62)53-50-47-44-42-40-37-20-18-16-14-11-8-5-2/h8,11,16,18,23-24,37,40,56H,4-7,9-10,12-15,17,19-22,25-36,38-39,41-55H2,1-3H3/b11-8-,18-16-,24-23-,40-37-. The number of allylic oxidation sites excluding steroid dienone is 8. The Balaban J connectivity index is 3.96. The van der Waals surface area contributed by atoms with Crippen LogP contribution in [0.25, 0.3) is 0 Å². The molecular formula is C59H106O6. The van der Waals surface area contributed by atoms with Gasteiger partial charge in [0, 0.05) is 19.3 Å². The van der Waals surface area contributed by atoms with E-state index in [1.807, 2.05) is 0 Å². The Morgan fingerprint density at radius 1 is 0.323 bits per heavy atom. The Morgan fingerprint density at radius 2 is 0.600 bits per heavy atom. The van der Waals surface area contributed by atoms with Crippen LogP contribution in [0.2, 0.25) is 0 Å². The number of ether oxygens (including phenoxy) is 3. The molecule has 0 radical (unpaired) electrons. The average molecular weight is 911 g/mol. The van der Waals surface area contributed by atoms with Crippen molar-refractivity contribution in [3.05, 3.63) is 48.6 Å². The van der Waals surface area contributed by atoms with E-state index < -0.39 is 6.10 Å². The molecule has 0 aromatic heterocycles. The maximum Gasteiger partial charge on any atom is 0.306 e. The summed E-state index contributed by atoms with van der Waals surface area (Å²) in [6, 6.07) is 0. The van der Waals surface area contributed by atoms with Crippen LogP contribution >= 0.6 is 0 Å². The summed E-state index contributed by atoms with van der Waals surface area (Å²) in [6.45, 7) is 6.43. The van der Waals surface area contributed by atoms with E-state index in [2.05, 4.69) is 69.4 Å². The number of esters is 3. The summed E-state index contributed by atoms with van der Waals surface area (Å²) >= 11 is 0. The van der Waals surface area contributed by atoms with Crippen molar-refractivity contribution in [1.29, 1.82) is 0 Å². The van der Waals surface area contributed by atoms with Crippen molar-refractivity contribution in [3.8, 4) is 0 Å². The van der Waals surface area contributed by atoms with Gasteiger partial charge in [0.25, 0.3) is 0 Å².